The molecule has 15 heavy (non-hydrogen) atoms. The summed E-state index contributed by atoms with van der Waals surface area (Å²) >= 11 is 3.83. The van der Waals surface area contributed by atoms with Crippen molar-refractivity contribution in [3.63, 3.8) is 0 Å². The maximum atomic E-state index is 11.6. The van der Waals surface area contributed by atoms with E-state index in [0.29, 0.717) is 13.0 Å². The first-order valence-corrected chi connectivity index (χ1v) is 7.32. The molecule has 2 nitrogen and oxygen atoms in total. The monoisotopic (exact) mass is 248 g/mol. The molecule has 1 aliphatic rings. The van der Waals surface area contributed by atoms with Crippen LogP contribution < -0.4 is 0 Å². The number of ether oxygens (including phenoxy) is 1. The summed E-state index contributed by atoms with van der Waals surface area (Å²) in [6, 6.07) is 0. The Morgan fingerprint density at radius 2 is 1.87 bits per heavy atom. The second kappa shape index (κ2) is 5.00. The Balaban J connectivity index is 2.70. The zero-order valence-electron chi connectivity index (χ0n) is 9.96. The summed E-state index contributed by atoms with van der Waals surface area (Å²) < 4.78 is 5.07. The molecule has 0 atom stereocenters. The van der Waals surface area contributed by atoms with E-state index in [-0.39, 0.29) is 15.5 Å². The summed E-state index contributed by atoms with van der Waals surface area (Å²) in [5, 5.41) is 0. The van der Waals surface area contributed by atoms with Gasteiger partial charge in [-0.15, -0.1) is 23.5 Å². The normalized spacial score (nSPS) is 20.3. The van der Waals surface area contributed by atoms with Crippen LogP contribution in [0, 0.1) is 5.41 Å². The summed E-state index contributed by atoms with van der Waals surface area (Å²) in [6.45, 7) is 8.96. The van der Waals surface area contributed by atoms with Crippen LogP contribution in [0.3, 0.4) is 0 Å². The molecule has 1 fully saturated rings. The highest BCUT2D eigenvalue weighted by molar-refractivity contribution is 8.21. The largest absolute Gasteiger partial charge is 0.466 e. The highest BCUT2D eigenvalue weighted by atomic mass is 32.2. The lowest BCUT2D eigenvalue weighted by atomic mass is 9.89. The number of thioether (sulfide) groups is 2. The molecule has 0 aromatic carbocycles. The van der Waals surface area contributed by atoms with Gasteiger partial charge in [0.1, 0.15) is 0 Å². The van der Waals surface area contributed by atoms with Crippen molar-refractivity contribution in [1.29, 1.82) is 0 Å². The van der Waals surface area contributed by atoms with Crippen molar-refractivity contribution in [1.82, 2.24) is 0 Å². The van der Waals surface area contributed by atoms with Crippen molar-refractivity contribution in [3.8, 4) is 0 Å². The van der Waals surface area contributed by atoms with E-state index in [1.165, 1.54) is 0 Å². The molecule has 1 saturated heterocycles. The standard InChI is InChI=1S/C11H20O2S2/c1-5-13-9(12)8-11(10(2,3)4)14-6-7-15-11/h5-8H2,1-4H3. The number of esters is 1. The van der Waals surface area contributed by atoms with E-state index in [1.54, 1.807) is 0 Å². The van der Waals surface area contributed by atoms with E-state index in [9.17, 15) is 4.79 Å². The minimum absolute atomic E-state index is 0.0131. The first-order valence-electron chi connectivity index (χ1n) is 5.35. The van der Waals surface area contributed by atoms with Gasteiger partial charge in [0.15, 0.2) is 0 Å². The number of hydrogen-bond acceptors (Lipinski definition) is 4. The van der Waals surface area contributed by atoms with Crippen LogP contribution in [0.15, 0.2) is 0 Å². The van der Waals surface area contributed by atoms with Gasteiger partial charge in [0.05, 0.1) is 17.1 Å². The van der Waals surface area contributed by atoms with Crippen LogP contribution >= 0.6 is 23.5 Å². The maximum absolute atomic E-state index is 11.6. The molecule has 0 saturated carbocycles. The van der Waals surface area contributed by atoms with Crippen LogP contribution in [0.2, 0.25) is 0 Å². The fourth-order valence-electron chi connectivity index (χ4n) is 1.66. The van der Waals surface area contributed by atoms with E-state index < -0.39 is 0 Å². The van der Waals surface area contributed by atoms with Gasteiger partial charge in [0.2, 0.25) is 0 Å². The Morgan fingerprint density at radius 1 is 1.33 bits per heavy atom. The van der Waals surface area contributed by atoms with Gasteiger partial charge in [-0.05, 0) is 12.3 Å². The smallest absolute Gasteiger partial charge is 0.308 e. The lowest BCUT2D eigenvalue weighted by Crippen LogP contribution is -2.37. The molecule has 4 heteroatoms. The molecule has 88 valence electrons. The van der Waals surface area contributed by atoms with Crippen LogP contribution in [-0.4, -0.2) is 28.2 Å². The molecule has 0 radical (unpaired) electrons. The molecular formula is C11H20O2S2. The average molecular weight is 248 g/mol. The number of carbonyl (C=O) groups excluding carboxylic acids is 1. The Bertz CT molecular complexity index is 227. The van der Waals surface area contributed by atoms with Gasteiger partial charge >= 0.3 is 5.97 Å². The molecule has 0 spiro atoms. The van der Waals surface area contributed by atoms with Gasteiger partial charge in [-0.3, -0.25) is 4.79 Å². The summed E-state index contributed by atoms with van der Waals surface area (Å²) in [5.74, 6) is 2.22. The van der Waals surface area contributed by atoms with Crippen molar-refractivity contribution < 1.29 is 9.53 Å². The van der Waals surface area contributed by atoms with Crippen LogP contribution in [0.5, 0.6) is 0 Å². The highest BCUT2D eigenvalue weighted by Crippen LogP contribution is 2.56. The quantitative estimate of drug-likeness (QED) is 0.717. The first-order chi connectivity index (χ1) is 6.91. The third-order valence-electron chi connectivity index (χ3n) is 2.58. The lowest BCUT2D eigenvalue weighted by Gasteiger charge is -2.39. The molecule has 0 bridgehead atoms. The Morgan fingerprint density at radius 3 is 2.27 bits per heavy atom. The second-order valence-electron chi connectivity index (χ2n) is 4.68. The fraction of sp³-hybridized carbons (Fsp3) is 0.909. The number of rotatable bonds is 3. The minimum atomic E-state index is -0.0608. The van der Waals surface area contributed by atoms with Crippen molar-refractivity contribution in [3.05, 3.63) is 0 Å². The van der Waals surface area contributed by atoms with Crippen LogP contribution in [0.1, 0.15) is 34.1 Å². The van der Waals surface area contributed by atoms with Gasteiger partial charge in [0.25, 0.3) is 0 Å². The van der Waals surface area contributed by atoms with Gasteiger partial charge < -0.3 is 4.74 Å². The SMILES string of the molecule is CCOC(=O)CC1(C(C)(C)C)SCCS1. The summed E-state index contributed by atoms with van der Waals surface area (Å²) in [5.41, 5.74) is 0.131. The molecule has 0 unspecified atom stereocenters. The van der Waals surface area contributed by atoms with E-state index in [2.05, 4.69) is 20.8 Å². The highest BCUT2D eigenvalue weighted by Gasteiger charge is 2.47. The second-order valence-corrected chi connectivity index (χ2v) is 7.73. The predicted octanol–water partition coefficient (Wildman–Crippen LogP) is 3.16. The Hall–Kier alpha value is 0.170. The van der Waals surface area contributed by atoms with Gasteiger partial charge in [0, 0.05) is 11.5 Å². The van der Waals surface area contributed by atoms with Gasteiger partial charge in [-0.1, -0.05) is 20.8 Å². The lowest BCUT2D eigenvalue weighted by molar-refractivity contribution is -0.143. The van der Waals surface area contributed by atoms with Crippen LogP contribution in [0.25, 0.3) is 0 Å². The first kappa shape index (κ1) is 13.2. The topological polar surface area (TPSA) is 26.3 Å². The van der Waals surface area contributed by atoms with Crippen molar-refractivity contribution >= 4 is 29.5 Å². The molecule has 0 aromatic rings. The molecule has 0 N–H and O–H groups in total. The van der Waals surface area contributed by atoms with E-state index in [4.69, 9.17) is 4.74 Å². The van der Waals surface area contributed by atoms with Gasteiger partial charge in [-0.25, -0.2) is 0 Å². The number of hydrogen-bond donors (Lipinski definition) is 0. The summed E-state index contributed by atoms with van der Waals surface area (Å²) in [7, 11) is 0. The summed E-state index contributed by atoms with van der Waals surface area (Å²) in [4.78, 5) is 11.6. The average Bonchev–Trinajstić information content (AvgIpc) is 2.53. The van der Waals surface area contributed by atoms with Crippen LogP contribution in [-0.2, 0) is 9.53 Å². The van der Waals surface area contributed by atoms with Crippen LogP contribution in [0.4, 0.5) is 0 Å². The number of carbonyl (C=O) groups is 1. The molecule has 1 heterocycles. The maximum Gasteiger partial charge on any atom is 0.308 e. The molecule has 1 rings (SSSR count). The van der Waals surface area contributed by atoms with Gasteiger partial charge in [-0.2, -0.15) is 0 Å². The van der Waals surface area contributed by atoms with Crippen molar-refractivity contribution in [2.45, 2.75) is 38.2 Å². The molecule has 1 aliphatic heterocycles. The van der Waals surface area contributed by atoms with Crippen molar-refractivity contribution in [2.75, 3.05) is 18.1 Å². The third-order valence-corrected chi connectivity index (χ3v) is 6.81. The van der Waals surface area contributed by atoms with E-state index in [0.717, 1.165) is 11.5 Å². The van der Waals surface area contributed by atoms with E-state index in [1.807, 2.05) is 30.4 Å². The zero-order valence-corrected chi connectivity index (χ0v) is 11.6. The Kier molecular flexibility index (Phi) is 4.41. The zero-order chi connectivity index (χ0) is 11.5. The molecular weight excluding hydrogens is 228 g/mol. The predicted molar refractivity (Wildman–Crippen MR) is 68.4 cm³/mol. The van der Waals surface area contributed by atoms with Crippen molar-refractivity contribution in [2.24, 2.45) is 5.41 Å². The summed E-state index contributed by atoms with van der Waals surface area (Å²) in [6.07, 6.45) is 0.527. The third kappa shape index (κ3) is 3.06. The molecule has 0 aliphatic carbocycles. The fourth-order valence-corrected chi connectivity index (χ4v) is 5.12. The minimum Gasteiger partial charge on any atom is -0.466 e. The molecule has 0 amide bonds. The van der Waals surface area contributed by atoms with E-state index >= 15 is 0 Å². The molecule has 0 aromatic heterocycles. The Labute approximate surface area is 101 Å².